The number of sulfonamides is 1. The van der Waals surface area contributed by atoms with Crippen molar-refractivity contribution in [1.82, 2.24) is 10.2 Å². The number of anilines is 3. The van der Waals surface area contributed by atoms with Crippen LogP contribution in [0.25, 0.3) is 0 Å². The second-order valence-corrected chi connectivity index (χ2v) is 6.79. The summed E-state index contributed by atoms with van der Waals surface area (Å²) in [5.41, 5.74) is 0.980. The van der Waals surface area contributed by atoms with Crippen molar-refractivity contribution in [1.29, 1.82) is 0 Å². The Bertz CT molecular complexity index is 687. The Morgan fingerprint density at radius 1 is 1.09 bits per heavy atom. The van der Waals surface area contributed by atoms with Crippen molar-refractivity contribution in [2.45, 2.75) is 19.8 Å². The van der Waals surface area contributed by atoms with Crippen LogP contribution < -0.4 is 9.62 Å². The van der Waals surface area contributed by atoms with E-state index in [0.717, 1.165) is 12.1 Å². The van der Waals surface area contributed by atoms with Crippen LogP contribution in [0.4, 0.5) is 17.3 Å². The second-order valence-electron chi connectivity index (χ2n) is 4.95. The van der Waals surface area contributed by atoms with E-state index in [0.29, 0.717) is 12.2 Å². The Hall–Kier alpha value is -2.15. The molecule has 0 saturated carbocycles. The van der Waals surface area contributed by atoms with Crippen LogP contribution in [0.1, 0.15) is 19.8 Å². The van der Waals surface area contributed by atoms with E-state index in [-0.39, 0.29) is 11.6 Å². The highest BCUT2D eigenvalue weighted by atomic mass is 32.2. The lowest BCUT2D eigenvalue weighted by molar-refractivity contribution is 0.597. The summed E-state index contributed by atoms with van der Waals surface area (Å²) in [6.07, 6.45) is 1.45. The van der Waals surface area contributed by atoms with Crippen LogP contribution >= 0.6 is 0 Å². The van der Waals surface area contributed by atoms with E-state index in [2.05, 4.69) is 14.9 Å². The average Bonchev–Trinajstić information content (AvgIpc) is 2.53. The third-order valence-corrected chi connectivity index (χ3v) is 4.51. The van der Waals surface area contributed by atoms with Crippen LogP contribution in [0.15, 0.2) is 42.5 Å². The largest absolute Gasteiger partial charge is 0.328 e. The van der Waals surface area contributed by atoms with Crippen LogP contribution in [-0.4, -0.2) is 31.4 Å². The van der Waals surface area contributed by atoms with Gasteiger partial charge in [0.05, 0.1) is 5.75 Å². The second kappa shape index (κ2) is 7.22. The van der Waals surface area contributed by atoms with Crippen molar-refractivity contribution in [3.05, 3.63) is 42.5 Å². The van der Waals surface area contributed by atoms with Crippen LogP contribution in [0.3, 0.4) is 0 Å². The topological polar surface area (TPSA) is 75.2 Å². The van der Waals surface area contributed by atoms with Gasteiger partial charge in [0.25, 0.3) is 0 Å². The SMILES string of the molecule is CCCCS(=O)(=O)Nc1ccc(N(C)c2ccccc2)nn1. The number of hydrogen-bond donors (Lipinski definition) is 1. The van der Waals surface area contributed by atoms with Gasteiger partial charge in [-0.25, -0.2) is 8.42 Å². The van der Waals surface area contributed by atoms with Crippen LogP contribution in [0.5, 0.6) is 0 Å². The molecule has 1 aromatic carbocycles. The number of nitrogens with one attached hydrogen (secondary N) is 1. The average molecular weight is 320 g/mol. The van der Waals surface area contributed by atoms with E-state index in [4.69, 9.17) is 0 Å². The van der Waals surface area contributed by atoms with Gasteiger partial charge >= 0.3 is 0 Å². The van der Waals surface area contributed by atoms with E-state index in [1.54, 1.807) is 12.1 Å². The number of hydrogen-bond acceptors (Lipinski definition) is 5. The molecule has 7 heteroatoms. The number of unbranched alkanes of at least 4 members (excludes halogenated alkanes) is 1. The van der Waals surface area contributed by atoms with Crippen molar-refractivity contribution >= 4 is 27.3 Å². The lowest BCUT2D eigenvalue weighted by Crippen LogP contribution is -2.18. The van der Waals surface area contributed by atoms with Crippen LogP contribution in [0.2, 0.25) is 0 Å². The molecule has 0 unspecified atom stereocenters. The number of rotatable bonds is 7. The Labute approximate surface area is 131 Å². The van der Waals surface area contributed by atoms with Gasteiger partial charge in [-0.1, -0.05) is 31.5 Å². The van der Waals surface area contributed by atoms with Gasteiger partial charge < -0.3 is 4.90 Å². The molecule has 0 atom stereocenters. The number of benzene rings is 1. The fourth-order valence-electron chi connectivity index (χ4n) is 1.89. The first-order valence-electron chi connectivity index (χ1n) is 7.15. The maximum absolute atomic E-state index is 11.8. The maximum Gasteiger partial charge on any atom is 0.233 e. The fourth-order valence-corrected chi connectivity index (χ4v) is 3.09. The predicted molar refractivity (Wildman–Crippen MR) is 88.9 cm³/mol. The van der Waals surface area contributed by atoms with Gasteiger partial charge in [0.2, 0.25) is 10.0 Å². The summed E-state index contributed by atoms with van der Waals surface area (Å²) in [5, 5.41) is 8.01. The van der Waals surface area contributed by atoms with Gasteiger partial charge in [0.15, 0.2) is 11.6 Å². The van der Waals surface area contributed by atoms with Gasteiger partial charge in [-0.15, -0.1) is 10.2 Å². The normalized spacial score (nSPS) is 11.2. The van der Waals surface area contributed by atoms with Gasteiger partial charge in [0.1, 0.15) is 0 Å². The molecule has 1 aromatic heterocycles. The van der Waals surface area contributed by atoms with Crippen LogP contribution in [0, 0.1) is 0 Å². The molecule has 0 aliphatic heterocycles. The highest BCUT2D eigenvalue weighted by Gasteiger charge is 2.11. The zero-order chi connectivity index (χ0) is 16.0. The molecule has 6 nitrogen and oxygen atoms in total. The zero-order valence-electron chi connectivity index (χ0n) is 12.7. The molecular formula is C15H20N4O2S. The highest BCUT2D eigenvalue weighted by molar-refractivity contribution is 7.92. The first-order valence-corrected chi connectivity index (χ1v) is 8.80. The summed E-state index contributed by atoms with van der Waals surface area (Å²) in [4.78, 5) is 1.88. The lowest BCUT2D eigenvalue weighted by atomic mass is 10.3. The molecule has 2 aromatic rings. The minimum Gasteiger partial charge on any atom is -0.328 e. The lowest BCUT2D eigenvalue weighted by Gasteiger charge is -2.17. The first kappa shape index (κ1) is 16.2. The van der Waals surface area contributed by atoms with E-state index < -0.39 is 10.0 Å². The molecule has 22 heavy (non-hydrogen) atoms. The van der Waals surface area contributed by atoms with Gasteiger partial charge in [-0.05, 0) is 30.7 Å². The molecule has 0 fully saturated rings. The smallest absolute Gasteiger partial charge is 0.233 e. The summed E-state index contributed by atoms with van der Waals surface area (Å²) in [7, 11) is -1.47. The van der Waals surface area contributed by atoms with E-state index >= 15 is 0 Å². The van der Waals surface area contributed by atoms with Gasteiger partial charge in [0, 0.05) is 12.7 Å². The van der Waals surface area contributed by atoms with Crippen molar-refractivity contribution in [3.63, 3.8) is 0 Å². The Kier molecular flexibility index (Phi) is 5.32. The molecule has 0 radical (unpaired) electrons. The van der Waals surface area contributed by atoms with Crippen molar-refractivity contribution in [3.8, 4) is 0 Å². The molecule has 0 aliphatic carbocycles. The van der Waals surface area contributed by atoms with Gasteiger partial charge in [-0.3, -0.25) is 4.72 Å². The molecule has 0 aliphatic rings. The zero-order valence-corrected chi connectivity index (χ0v) is 13.5. The van der Waals surface area contributed by atoms with E-state index in [9.17, 15) is 8.42 Å². The van der Waals surface area contributed by atoms with Crippen molar-refractivity contribution in [2.75, 3.05) is 22.4 Å². The van der Waals surface area contributed by atoms with Crippen LogP contribution in [-0.2, 0) is 10.0 Å². The Balaban J connectivity index is 2.07. The molecule has 1 heterocycles. The molecule has 0 saturated heterocycles. The first-order chi connectivity index (χ1) is 10.5. The monoisotopic (exact) mass is 320 g/mol. The Morgan fingerprint density at radius 2 is 1.82 bits per heavy atom. The van der Waals surface area contributed by atoms with Crippen molar-refractivity contribution in [2.24, 2.45) is 0 Å². The number of aromatic nitrogens is 2. The number of nitrogens with zero attached hydrogens (tertiary/aromatic N) is 3. The standard InChI is InChI=1S/C15H20N4O2S/c1-3-4-12-22(20,21)18-14-10-11-15(17-16-14)19(2)13-8-6-5-7-9-13/h5-11H,3-4,12H2,1-2H3,(H,16,18). The molecule has 1 N–H and O–H groups in total. The highest BCUT2D eigenvalue weighted by Crippen LogP contribution is 2.21. The van der Waals surface area contributed by atoms with E-state index in [1.165, 1.54) is 0 Å². The summed E-state index contributed by atoms with van der Waals surface area (Å²) in [5.74, 6) is 0.973. The molecule has 118 valence electrons. The minimum absolute atomic E-state index is 0.0941. The quantitative estimate of drug-likeness (QED) is 0.849. The summed E-state index contributed by atoms with van der Waals surface area (Å²) in [6.45, 7) is 1.95. The summed E-state index contributed by atoms with van der Waals surface area (Å²) >= 11 is 0. The van der Waals surface area contributed by atoms with E-state index in [1.807, 2.05) is 49.2 Å². The minimum atomic E-state index is -3.35. The maximum atomic E-state index is 11.8. The molecule has 0 amide bonds. The summed E-state index contributed by atoms with van der Waals surface area (Å²) < 4.78 is 26.1. The summed E-state index contributed by atoms with van der Waals surface area (Å²) in [6, 6.07) is 13.1. The Morgan fingerprint density at radius 3 is 2.41 bits per heavy atom. The van der Waals surface area contributed by atoms with Crippen molar-refractivity contribution < 1.29 is 8.42 Å². The molecule has 2 rings (SSSR count). The molecular weight excluding hydrogens is 300 g/mol. The molecule has 0 bridgehead atoms. The third kappa shape index (κ3) is 4.42. The third-order valence-electron chi connectivity index (χ3n) is 3.16. The predicted octanol–water partition coefficient (Wildman–Crippen LogP) is 2.79. The fraction of sp³-hybridized carbons (Fsp3) is 0.333. The number of para-hydroxylation sites is 1. The van der Waals surface area contributed by atoms with Gasteiger partial charge in [-0.2, -0.15) is 0 Å². The molecule has 0 spiro atoms.